The lowest BCUT2D eigenvalue weighted by molar-refractivity contribution is -0.129. The molecule has 0 aliphatic carbocycles. The van der Waals surface area contributed by atoms with Crippen LogP contribution in [0.25, 0.3) is 0 Å². The van der Waals surface area contributed by atoms with E-state index < -0.39 is 5.41 Å². The molecule has 0 aliphatic heterocycles. The van der Waals surface area contributed by atoms with E-state index in [1.807, 2.05) is 13.8 Å². The number of aromatic nitrogens is 4. The minimum absolute atomic E-state index is 0.254. The number of nitriles is 1. The molecule has 1 aromatic heterocycles. The number of carbonyl (C=O) groups excluding carboxylic acids is 1. The molecular formula is C12H20N6O. The smallest absolute Gasteiger partial charge is 0.241 e. The van der Waals surface area contributed by atoms with Gasteiger partial charge in [0.1, 0.15) is 5.41 Å². The summed E-state index contributed by atoms with van der Waals surface area (Å²) >= 11 is 0. The third-order valence-electron chi connectivity index (χ3n) is 3.10. The molecule has 1 atom stereocenters. The van der Waals surface area contributed by atoms with Crippen molar-refractivity contribution >= 4 is 5.91 Å². The van der Waals surface area contributed by atoms with Crippen LogP contribution in [0.15, 0.2) is 0 Å². The van der Waals surface area contributed by atoms with Crippen molar-refractivity contribution < 1.29 is 4.79 Å². The van der Waals surface area contributed by atoms with Gasteiger partial charge in [0.05, 0.1) is 12.1 Å². The molecule has 1 amide bonds. The van der Waals surface area contributed by atoms with Crippen molar-refractivity contribution in [2.45, 2.75) is 52.5 Å². The number of aromatic amines is 1. The summed E-state index contributed by atoms with van der Waals surface area (Å²) in [6.07, 6.45) is 2.69. The topological polar surface area (TPSA) is 107 Å². The molecule has 7 nitrogen and oxygen atoms in total. The second-order valence-corrected chi connectivity index (χ2v) is 4.66. The van der Waals surface area contributed by atoms with E-state index in [2.05, 4.69) is 32.0 Å². The average Bonchev–Trinajstić information content (AvgIpc) is 2.92. The van der Waals surface area contributed by atoms with Crippen LogP contribution in [0, 0.1) is 16.7 Å². The number of amides is 1. The second kappa shape index (κ2) is 6.83. The molecule has 0 aromatic carbocycles. The average molecular weight is 264 g/mol. The number of hydrogen-bond donors (Lipinski definition) is 2. The van der Waals surface area contributed by atoms with Crippen LogP contribution < -0.4 is 5.32 Å². The third-order valence-corrected chi connectivity index (χ3v) is 3.10. The zero-order valence-electron chi connectivity index (χ0n) is 11.6. The first-order valence-electron chi connectivity index (χ1n) is 6.55. The quantitative estimate of drug-likeness (QED) is 0.775. The Balaban J connectivity index is 2.80. The first-order valence-corrected chi connectivity index (χ1v) is 6.55. The monoisotopic (exact) mass is 264 g/mol. The van der Waals surface area contributed by atoms with Crippen molar-refractivity contribution in [2.24, 2.45) is 5.41 Å². The number of carbonyl (C=O) groups is 1. The molecule has 1 aromatic rings. The summed E-state index contributed by atoms with van der Waals surface area (Å²) in [5.41, 5.74) is -0.957. The highest BCUT2D eigenvalue weighted by molar-refractivity contribution is 5.85. The molecule has 1 unspecified atom stereocenters. The van der Waals surface area contributed by atoms with Gasteiger partial charge < -0.3 is 5.32 Å². The molecule has 7 heteroatoms. The molecule has 0 saturated carbocycles. The summed E-state index contributed by atoms with van der Waals surface area (Å²) in [6.45, 7) is 5.71. The number of rotatable bonds is 7. The van der Waals surface area contributed by atoms with Gasteiger partial charge in [-0.3, -0.25) is 4.79 Å². The largest absolute Gasteiger partial charge is 0.345 e. The number of nitrogens with zero attached hydrogens (tertiary/aromatic N) is 4. The van der Waals surface area contributed by atoms with Crippen LogP contribution >= 0.6 is 0 Å². The maximum Gasteiger partial charge on any atom is 0.241 e. The van der Waals surface area contributed by atoms with Crippen molar-refractivity contribution in [3.8, 4) is 6.07 Å². The Morgan fingerprint density at radius 3 is 2.53 bits per heavy atom. The Kier molecular flexibility index (Phi) is 5.42. The van der Waals surface area contributed by atoms with Gasteiger partial charge in [0.15, 0.2) is 5.82 Å². The number of nitrogens with one attached hydrogen (secondary N) is 2. The summed E-state index contributed by atoms with van der Waals surface area (Å²) in [6, 6.07) is 1.82. The van der Waals surface area contributed by atoms with Gasteiger partial charge in [-0.15, -0.1) is 10.2 Å². The first kappa shape index (κ1) is 15.1. The standard InChI is InChI=1S/C12H20N6O/c1-4-6-12(8-13,7-5-2)11(19)14-9(3)10-15-17-18-16-10/h9H,4-7H2,1-3H3,(H,14,19)(H,15,16,17,18). The fourth-order valence-corrected chi connectivity index (χ4v) is 2.12. The van der Waals surface area contributed by atoms with E-state index in [0.717, 1.165) is 12.8 Å². The van der Waals surface area contributed by atoms with Gasteiger partial charge in [0, 0.05) is 0 Å². The number of hydrogen-bond acceptors (Lipinski definition) is 5. The maximum atomic E-state index is 12.4. The molecule has 1 heterocycles. The van der Waals surface area contributed by atoms with Crippen LogP contribution in [0.3, 0.4) is 0 Å². The van der Waals surface area contributed by atoms with E-state index >= 15 is 0 Å². The van der Waals surface area contributed by atoms with Gasteiger partial charge in [-0.05, 0) is 19.8 Å². The van der Waals surface area contributed by atoms with Gasteiger partial charge in [-0.2, -0.15) is 10.5 Å². The summed E-state index contributed by atoms with van der Waals surface area (Å²) in [4.78, 5) is 12.4. The Labute approximate surface area is 112 Å². The van der Waals surface area contributed by atoms with E-state index in [0.29, 0.717) is 18.7 Å². The van der Waals surface area contributed by atoms with E-state index in [9.17, 15) is 10.1 Å². The highest BCUT2D eigenvalue weighted by Gasteiger charge is 2.37. The molecule has 0 fully saturated rings. The van der Waals surface area contributed by atoms with E-state index in [1.54, 1.807) is 6.92 Å². The van der Waals surface area contributed by atoms with Gasteiger partial charge >= 0.3 is 0 Å². The Bertz CT molecular complexity index is 430. The summed E-state index contributed by atoms with van der Waals surface area (Å²) in [5, 5.41) is 25.6. The van der Waals surface area contributed by atoms with Gasteiger partial charge in [-0.25, -0.2) is 0 Å². The van der Waals surface area contributed by atoms with Gasteiger partial charge in [0.2, 0.25) is 5.91 Å². The van der Waals surface area contributed by atoms with Crippen LogP contribution in [0.5, 0.6) is 0 Å². The van der Waals surface area contributed by atoms with E-state index in [1.165, 1.54) is 0 Å². The molecule has 2 N–H and O–H groups in total. The minimum Gasteiger partial charge on any atom is -0.345 e. The van der Waals surface area contributed by atoms with Crippen molar-refractivity contribution in [3.63, 3.8) is 0 Å². The summed E-state index contributed by atoms with van der Waals surface area (Å²) in [7, 11) is 0. The Morgan fingerprint density at radius 2 is 2.11 bits per heavy atom. The fourth-order valence-electron chi connectivity index (χ4n) is 2.12. The van der Waals surface area contributed by atoms with Crippen LogP contribution in [0.1, 0.15) is 58.3 Å². The number of tetrazole rings is 1. The van der Waals surface area contributed by atoms with E-state index in [4.69, 9.17) is 0 Å². The Morgan fingerprint density at radius 1 is 1.47 bits per heavy atom. The molecule has 104 valence electrons. The molecule has 0 bridgehead atoms. The fraction of sp³-hybridized carbons (Fsp3) is 0.750. The zero-order valence-corrected chi connectivity index (χ0v) is 11.6. The highest BCUT2D eigenvalue weighted by Crippen LogP contribution is 2.30. The molecule has 0 saturated heterocycles. The minimum atomic E-state index is -0.957. The summed E-state index contributed by atoms with van der Waals surface area (Å²) < 4.78 is 0. The zero-order chi connectivity index (χ0) is 14.3. The lowest BCUT2D eigenvalue weighted by atomic mass is 9.79. The first-order chi connectivity index (χ1) is 9.09. The molecular weight excluding hydrogens is 244 g/mol. The summed E-state index contributed by atoms with van der Waals surface area (Å²) in [5.74, 6) is 0.157. The lowest BCUT2D eigenvalue weighted by Crippen LogP contribution is -2.41. The predicted molar refractivity (Wildman–Crippen MR) is 68.6 cm³/mol. The molecule has 0 aliphatic rings. The molecule has 19 heavy (non-hydrogen) atoms. The van der Waals surface area contributed by atoms with E-state index in [-0.39, 0.29) is 11.9 Å². The maximum absolute atomic E-state index is 12.4. The van der Waals surface area contributed by atoms with Crippen molar-refractivity contribution in [3.05, 3.63) is 5.82 Å². The Hall–Kier alpha value is -1.97. The normalized spacial score (nSPS) is 12.7. The number of H-pyrrole nitrogens is 1. The SMILES string of the molecule is CCCC(C#N)(CCC)C(=O)NC(C)c1nn[nH]n1. The van der Waals surface area contributed by atoms with Crippen LogP contribution in [0.2, 0.25) is 0 Å². The third kappa shape index (κ3) is 3.50. The van der Waals surface area contributed by atoms with Crippen molar-refractivity contribution in [2.75, 3.05) is 0 Å². The van der Waals surface area contributed by atoms with Crippen LogP contribution in [-0.2, 0) is 4.79 Å². The lowest BCUT2D eigenvalue weighted by Gasteiger charge is -2.25. The molecule has 0 spiro atoms. The van der Waals surface area contributed by atoms with Gasteiger partial charge in [-0.1, -0.05) is 31.9 Å². The van der Waals surface area contributed by atoms with Crippen molar-refractivity contribution in [1.82, 2.24) is 25.9 Å². The van der Waals surface area contributed by atoms with Gasteiger partial charge in [0.25, 0.3) is 0 Å². The molecule has 1 rings (SSSR count). The molecule has 0 radical (unpaired) electrons. The van der Waals surface area contributed by atoms with Crippen LogP contribution in [-0.4, -0.2) is 26.5 Å². The second-order valence-electron chi connectivity index (χ2n) is 4.66. The highest BCUT2D eigenvalue weighted by atomic mass is 16.2. The predicted octanol–water partition coefficient (Wildman–Crippen LogP) is 1.49. The van der Waals surface area contributed by atoms with Crippen molar-refractivity contribution in [1.29, 1.82) is 5.26 Å². The van der Waals surface area contributed by atoms with Crippen LogP contribution in [0.4, 0.5) is 0 Å².